The molecule has 0 aromatic carbocycles. The summed E-state index contributed by atoms with van der Waals surface area (Å²) in [5, 5.41) is 9.03. The molecule has 0 aromatic heterocycles. The second kappa shape index (κ2) is 8.56. The van der Waals surface area contributed by atoms with Crippen molar-refractivity contribution in [2.45, 2.75) is 57.2 Å². The minimum absolute atomic E-state index is 0.0414. The fourth-order valence-electron chi connectivity index (χ4n) is 7.42. The topological polar surface area (TPSA) is 80.7 Å². The molecule has 0 amide bonds. The first-order chi connectivity index (χ1) is 15.1. The highest BCUT2D eigenvalue weighted by Gasteiger charge is 2.67. The second-order valence-electron chi connectivity index (χ2n) is 10.4. The van der Waals surface area contributed by atoms with Gasteiger partial charge in [-0.1, -0.05) is 19.9 Å². The van der Waals surface area contributed by atoms with Gasteiger partial charge in [-0.3, -0.25) is 14.4 Å². The summed E-state index contributed by atoms with van der Waals surface area (Å²) >= 11 is 13.5. The van der Waals surface area contributed by atoms with E-state index in [2.05, 4.69) is 13.8 Å². The summed E-state index contributed by atoms with van der Waals surface area (Å²) in [7, 11) is 0. The van der Waals surface area contributed by atoms with Gasteiger partial charge in [-0.25, -0.2) is 0 Å². The van der Waals surface area contributed by atoms with Crippen molar-refractivity contribution in [3.05, 3.63) is 23.8 Å². The van der Waals surface area contributed by atoms with Crippen LogP contribution in [0.25, 0.3) is 0 Å². The summed E-state index contributed by atoms with van der Waals surface area (Å²) in [5.41, 5.74) is 0.261. The van der Waals surface area contributed by atoms with E-state index in [1.165, 1.54) is 0 Å². The first kappa shape index (κ1) is 24.0. The lowest BCUT2D eigenvalue weighted by Crippen LogP contribution is -2.61. The molecule has 7 heteroatoms. The van der Waals surface area contributed by atoms with Crippen molar-refractivity contribution in [1.29, 1.82) is 0 Å². The summed E-state index contributed by atoms with van der Waals surface area (Å²) < 4.78 is 5.49. The number of ether oxygens (including phenoxy) is 1. The van der Waals surface area contributed by atoms with E-state index < -0.39 is 16.3 Å². The number of esters is 1. The summed E-state index contributed by atoms with van der Waals surface area (Å²) in [6.45, 7) is 4.23. The first-order valence-corrected chi connectivity index (χ1v) is 12.5. The standard InChI is InChI=1S/C25H32Cl2O5/c1-23-8-9-25(27)20(17(23)3-4-18(23)21(30)13-26)11-15(14-32-22(31)6-10-28)19-12-16(29)5-7-24(19,25)2/h5,7,12,15,17-18,20,28H,3-4,6,8-11,13-14H2,1-2H3/t15-,17+,18-,20+,23+,24+,25-/m1/s1. The number of rotatable bonds is 6. The fourth-order valence-corrected chi connectivity index (χ4v) is 8.12. The Kier molecular flexibility index (Phi) is 6.41. The minimum Gasteiger partial charge on any atom is -0.465 e. The zero-order valence-corrected chi connectivity index (χ0v) is 20.3. The number of aliphatic hydroxyl groups excluding tert-OH is 1. The third-order valence-corrected chi connectivity index (χ3v) is 10.2. The first-order valence-electron chi connectivity index (χ1n) is 11.6. The molecule has 7 atom stereocenters. The number of hydrogen-bond donors (Lipinski definition) is 1. The lowest BCUT2D eigenvalue weighted by Gasteiger charge is -2.63. The van der Waals surface area contributed by atoms with Crippen molar-refractivity contribution in [3.63, 3.8) is 0 Å². The molecule has 176 valence electrons. The van der Waals surface area contributed by atoms with Crippen LogP contribution in [0, 0.1) is 34.5 Å². The third-order valence-electron chi connectivity index (χ3n) is 9.11. The van der Waals surface area contributed by atoms with Crippen molar-refractivity contribution < 1.29 is 24.2 Å². The molecule has 4 aliphatic carbocycles. The normalized spacial score (nSPS) is 42.5. The lowest BCUT2D eigenvalue weighted by molar-refractivity contribution is -0.146. The molecule has 4 aliphatic rings. The molecule has 5 nitrogen and oxygen atoms in total. The van der Waals surface area contributed by atoms with Crippen molar-refractivity contribution in [2.24, 2.45) is 34.5 Å². The van der Waals surface area contributed by atoms with Gasteiger partial charge >= 0.3 is 5.97 Å². The molecule has 4 rings (SSSR count). The number of carbonyl (C=O) groups excluding carboxylic acids is 3. The largest absolute Gasteiger partial charge is 0.465 e. The summed E-state index contributed by atoms with van der Waals surface area (Å²) in [5.74, 6) is -0.126. The number of halogens is 2. The maximum Gasteiger partial charge on any atom is 0.308 e. The van der Waals surface area contributed by atoms with Crippen LogP contribution < -0.4 is 0 Å². The molecule has 32 heavy (non-hydrogen) atoms. The van der Waals surface area contributed by atoms with E-state index in [0.29, 0.717) is 6.42 Å². The van der Waals surface area contributed by atoms with Crippen LogP contribution in [0.1, 0.15) is 52.4 Å². The van der Waals surface area contributed by atoms with Gasteiger partial charge in [0.2, 0.25) is 0 Å². The van der Waals surface area contributed by atoms with E-state index in [-0.39, 0.29) is 66.2 Å². The Bertz CT molecular complexity index is 882. The number of allylic oxidation sites excluding steroid dienone is 3. The number of hydrogen-bond acceptors (Lipinski definition) is 5. The van der Waals surface area contributed by atoms with Crippen molar-refractivity contribution in [2.75, 3.05) is 19.1 Å². The molecule has 1 N–H and O–H groups in total. The molecule has 0 aromatic rings. The third kappa shape index (κ3) is 3.50. The number of aliphatic hydroxyl groups is 1. The maximum atomic E-state index is 12.6. The van der Waals surface area contributed by atoms with Crippen LogP contribution in [0.2, 0.25) is 0 Å². The minimum atomic E-state index is -0.565. The molecule has 0 spiro atoms. The highest BCUT2D eigenvalue weighted by Crippen LogP contribution is 2.70. The predicted molar refractivity (Wildman–Crippen MR) is 122 cm³/mol. The second-order valence-corrected chi connectivity index (χ2v) is 11.4. The van der Waals surface area contributed by atoms with E-state index in [4.69, 9.17) is 33.0 Å². The maximum absolute atomic E-state index is 12.6. The average Bonchev–Trinajstić information content (AvgIpc) is 3.11. The summed E-state index contributed by atoms with van der Waals surface area (Å²) in [6.07, 6.45) is 9.26. The Morgan fingerprint density at radius 3 is 2.66 bits per heavy atom. The van der Waals surface area contributed by atoms with E-state index in [0.717, 1.165) is 31.3 Å². The predicted octanol–water partition coefficient (Wildman–Crippen LogP) is 4.23. The monoisotopic (exact) mass is 482 g/mol. The van der Waals surface area contributed by atoms with Gasteiger partial charge in [0.05, 0.1) is 30.4 Å². The molecular formula is C25H32Cl2O5. The highest BCUT2D eigenvalue weighted by atomic mass is 35.5. The fraction of sp³-hybridized carbons (Fsp3) is 0.720. The zero-order valence-electron chi connectivity index (χ0n) is 18.7. The zero-order chi connectivity index (χ0) is 23.3. The van der Waals surface area contributed by atoms with Gasteiger partial charge in [-0.2, -0.15) is 0 Å². The Balaban J connectivity index is 1.70. The molecule has 0 unspecified atom stereocenters. The lowest BCUT2D eigenvalue weighted by atomic mass is 9.45. The molecule has 0 saturated heterocycles. The number of carbonyl (C=O) groups is 3. The van der Waals surface area contributed by atoms with Gasteiger partial charge in [0.1, 0.15) is 0 Å². The van der Waals surface area contributed by atoms with Crippen molar-refractivity contribution in [3.8, 4) is 0 Å². The molecule has 0 heterocycles. The van der Waals surface area contributed by atoms with Crippen LogP contribution >= 0.6 is 23.2 Å². The molecule has 3 saturated carbocycles. The SMILES string of the molecule is C[C@]12CC[C@@]3(Cl)[C@@H](C[C@H](COC(=O)CCO)C4=CC(=O)C=C[C@@]43C)[C@@H]1CC[C@@H]2C(=O)CCl. The number of ketones is 2. The Labute approximate surface area is 199 Å². The molecule has 0 aliphatic heterocycles. The number of Topliss-reactive ketones (excluding diaryl/α,β-unsaturated/α-hetero) is 1. The molecule has 3 fully saturated rings. The molecule has 0 radical (unpaired) electrons. The highest BCUT2D eigenvalue weighted by molar-refractivity contribution is 6.28. The average molecular weight is 483 g/mol. The van der Waals surface area contributed by atoms with Crippen LogP contribution in [-0.4, -0.2) is 46.6 Å². The van der Waals surface area contributed by atoms with Gasteiger partial charge in [-0.05, 0) is 67.1 Å². The van der Waals surface area contributed by atoms with Crippen LogP contribution in [0.3, 0.4) is 0 Å². The van der Waals surface area contributed by atoms with Crippen LogP contribution in [0.15, 0.2) is 23.8 Å². The molecular weight excluding hydrogens is 451 g/mol. The van der Waals surface area contributed by atoms with Crippen molar-refractivity contribution >= 4 is 40.7 Å². The van der Waals surface area contributed by atoms with E-state index in [1.807, 2.05) is 6.08 Å². The van der Waals surface area contributed by atoms with E-state index >= 15 is 0 Å². The van der Waals surface area contributed by atoms with Crippen molar-refractivity contribution in [1.82, 2.24) is 0 Å². The van der Waals surface area contributed by atoms with Crippen LogP contribution in [-0.2, 0) is 19.1 Å². The Morgan fingerprint density at radius 2 is 1.97 bits per heavy atom. The van der Waals surface area contributed by atoms with Crippen LogP contribution in [0.4, 0.5) is 0 Å². The van der Waals surface area contributed by atoms with E-state index in [9.17, 15) is 14.4 Å². The Hall–Kier alpha value is -1.17. The summed E-state index contributed by atoms with van der Waals surface area (Å²) in [4.78, 5) is 36.3. The van der Waals surface area contributed by atoms with E-state index in [1.54, 1.807) is 12.2 Å². The number of alkyl halides is 2. The molecule has 0 bridgehead atoms. The van der Waals surface area contributed by atoms with Gasteiger partial charge < -0.3 is 9.84 Å². The smallest absolute Gasteiger partial charge is 0.308 e. The quantitative estimate of drug-likeness (QED) is 0.452. The van der Waals surface area contributed by atoms with Gasteiger partial charge in [0.25, 0.3) is 0 Å². The van der Waals surface area contributed by atoms with Gasteiger partial charge in [0.15, 0.2) is 11.6 Å². The van der Waals surface area contributed by atoms with Crippen LogP contribution in [0.5, 0.6) is 0 Å². The van der Waals surface area contributed by atoms with Gasteiger partial charge in [0, 0.05) is 17.3 Å². The van der Waals surface area contributed by atoms with Gasteiger partial charge in [-0.15, -0.1) is 23.2 Å². The number of fused-ring (bicyclic) bond motifs is 5. The summed E-state index contributed by atoms with van der Waals surface area (Å²) in [6, 6.07) is 0. The Morgan fingerprint density at radius 1 is 1.22 bits per heavy atom.